The van der Waals surface area contributed by atoms with Crippen molar-refractivity contribution in [1.29, 1.82) is 0 Å². The summed E-state index contributed by atoms with van der Waals surface area (Å²) in [6.07, 6.45) is 5.26. The van der Waals surface area contributed by atoms with E-state index in [1.807, 2.05) is 19.1 Å². The summed E-state index contributed by atoms with van der Waals surface area (Å²) >= 11 is 0. The molecule has 0 aliphatic heterocycles. The Labute approximate surface area is 104 Å². The zero-order valence-corrected chi connectivity index (χ0v) is 10.9. The monoisotopic (exact) mass is 228 g/mol. The second-order valence-electron chi connectivity index (χ2n) is 5.26. The maximum atomic E-state index is 12.4. The van der Waals surface area contributed by atoms with E-state index in [-0.39, 0.29) is 5.78 Å². The van der Waals surface area contributed by atoms with Crippen molar-refractivity contribution in [3.05, 3.63) is 46.5 Å². The van der Waals surface area contributed by atoms with Gasteiger partial charge in [-0.25, -0.2) is 0 Å². The molecule has 0 amide bonds. The topological polar surface area (TPSA) is 17.1 Å². The number of rotatable bonds is 2. The van der Waals surface area contributed by atoms with Crippen LogP contribution < -0.4 is 0 Å². The van der Waals surface area contributed by atoms with Crippen molar-refractivity contribution >= 4 is 5.78 Å². The summed E-state index contributed by atoms with van der Waals surface area (Å²) in [5, 5.41) is 0. The van der Waals surface area contributed by atoms with E-state index in [0.29, 0.717) is 0 Å². The second-order valence-corrected chi connectivity index (χ2v) is 5.26. The van der Waals surface area contributed by atoms with E-state index in [1.54, 1.807) is 0 Å². The van der Waals surface area contributed by atoms with Gasteiger partial charge in [0.15, 0.2) is 5.78 Å². The minimum Gasteiger partial charge on any atom is -0.289 e. The normalized spacial score (nSPS) is 19.9. The van der Waals surface area contributed by atoms with E-state index in [9.17, 15) is 4.79 Å². The quantitative estimate of drug-likeness (QED) is 0.692. The van der Waals surface area contributed by atoms with Crippen LogP contribution in [0.2, 0.25) is 0 Å². The predicted molar refractivity (Wildman–Crippen MR) is 71.3 cm³/mol. The molecule has 0 heterocycles. The number of carbonyl (C=O) groups excluding carboxylic acids is 1. The fraction of sp³-hybridized carbons (Fsp3) is 0.438. The van der Waals surface area contributed by atoms with Gasteiger partial charge in [0.05, 0.1) is 0 Å². The summed E-state index contributed by atoms with van der Waals surface area (Å²) in [6, 6.07) is 6.07. The van der Waals surface area contributed by atoms with Gasteiger partial charge in [-0.05, 0) is 50.2 Å². The molecule has 90 valence electrons. The first-order valence-corrected chi connectivity index (χ1v) is 6.39. The Hall–Kier alpha value is -1.37. The van der Waals surface area contributed by atoms with E-state index < -0.39 is 0 Å². The van der Waals surface area contributed by atoms with Crippen LogP contribution in [-0.4, -0.2) is 5.78 Å². The van der Waals surface area contributed by atoms with E-state index in [4.69, 9.17) is 0 Å². The third-order valence-electron chi connectivity index (χ3n) is 3.59. The fourth-order valence-corrected chi connectivity index (χ4v) is 2.41. The number of Topliss-reactive ketones (excluding diaryl/α,β-unsaturated/α-hetero) is 1. The highest BCUT2D eigenvalue weighted by Crippen LogP contribution is 2.26. The molecule has 1 aliphatic rings. The lowest BCUT2D eigenvalue weighted by Crippen LogP contribution is -2.11. The Bertz CT molecular complexity index is 468. The molecule has 1 nitrogen and oxygen atoms in total. The van der Waals surface area contributed by atoms with Gasteiger partial charge in [-0.2, -0.15) is 0 Å². The lowest BCUT2D eigenvalue weighted by atomic mass is 9.86. The molecule has 2 rings (SSSR count). The van der Waals surface area contributed by atoms with Crippen LogP contribution in [0.15, 0.2) is 29.8 Å². The van der Waals surface area contributed by atoms with Crippen molar-refractivity contribution < 1.29 is 4.79 Å². The first-order valence-electron chi connectivity index (χ1n) is 6.39. The van der Waals surface area contributed by atoms with Gasteiger partial charge in [-0.15, -0.1) is 0 Å². The number of aryl methyl sites for hydroxylation is 2. The number of carbonyl (C=O) groups is 1. The van der Waals surface area contributed by atoms with E-state index >= 15 is 0 Å². The Morgan fingerprint density at radius 3 is 2.65 bits per heavy atom. The number of benzene rings is 1. The van der Waals surface area contributed by atoms with Crippen LogP contribution in [0.5, 0.6) is 0 Å². The summed E-state index contributed by atoms with van der Waals surface area (Å²) in [5.74, 6) is 0.958. The number of ketones is 1. The van der Waals surface area contributed by atoms with Gasteiger partial charge in [0.1, 0.15) is 0 Å². The SMILES string of the molecule is Cc1ccc(C(=O)C2=CCC(C)CC2)c(C)c1. The van der Waals surface area contributed by atoms with Crippen LogP contribution in [0.3, 0.4) is 0 Å². The molecular weight excluding hydrogens is 208 g/mol. The third kappa shape index (κ3) is 2.66. The molecular formula is C16H20O. The van der Waals surface area contributed by atoms with E-state index in [1.165, 1.54) is 5.56 Å². The maximum absolute atomic E-state index is 12.4. The van der Waals surface area contributed by atoms with Crippen LogP contribution in [0.4, 0.5) is 0 Å². The van der Waals surface area contributed by atoms with Crippen LogP contribution in [0.1, 0.15) is 47.7 Å². The molecule has 0 saturated heterocycles. The summed E-state index contributed by atoms with van der Waals surface area (Å²) in [5.41, 5.74) is 4.19. The first kappa shape index (κ1) is 12.1. The number of hydrogen-bond donors (Lipinski definition) is 0. The summed E-state index contributed by atoms with van der Waals surface area (Å²) in [6.45, 7) is 6.32. The first-order chi connectivity index (χ1) is 8.08. The Morgan fingerprint density at radius 2 is 2.06 bits per heavy atom. The van der Waals surface area contributed by atoms with Crippen LogP contribution in [-0.2, 0) is 0 Å². The van der Waals surface area contributed by atoms with Crippen molar-refractivity contribution in [2.24, 2.45) is 5.92 Å². The van der Waals surface area contributed by atoms with Crippen LogP contribution >= 0.6 is 0 Å². The predicted octanol–water partition coefficient (Wildman–Crippen LogP) is 4.23. The smallest absolute Gasteiger partial charge is 0.188 e. The summed E-state index contributed by atoms with van der Waals surface area (Å²) < 4.78 is 0. The molecule has 0 radical (unpaired) electrons. The number of hydrogen-bond acceptors (Lipinski definition) is 1. The molecule has 17 heavy (non-hydrogen) atoms. The molecule has 1 aromatic rings. The highest BCUT2D eigenvalue weighted by Gasteiger charge is 2.18. The molecule has 1 heteroatoms. The highest BCUT2D eigenvalue weighted by molar-refractivity contribution is 6.09. The Kier molecular flexibility index (Phi) is 3.46. The Morgan fingerprint density at radius 1 is 1.29 bits per heavy atom. The van der Waals surface area contributed by atoms with Crippen molar-refractivity contribution in [2.45, 2.75) is 40.0 Å². The standard InChI is InChI=1S/C16H20O/c1-11-4-7-14(8-5-11)16(17)15-9-6-12(2)10-13(15)3/h6-7,9-11H,4-5,8H2,1-3H3. The van der Waals surface area contributed by atoms with Gasteiger partial charge in [-0.1, -0.05) is 36.8 Å². The molecule has 0 spiro atoms. The molecule has 1 aromatic carbocycles. The third-order valence-corrected chi connectivity index (χ3v) is 3.59. The summed E-state index contributed by atoms with van der Waals surface area (Å²) in [4.78, 5) is 12.4. The van der Waals surface area contributed by atoms with Gasteiger partial charge in [0.2, 0.25) is 0 Å². The minimum absolute atomic E-state index is 0.231. The van der Waals surface area contributed by atoms with E-state index in [0.717, 1.165) is 41.9 Å². The maximum Gasteiger partial charge on any atom is 0.188 e. The minimum atomic E-state index is 0.231. The van der Waals surface area contributed by atoms with Gasteiger partial charge in [-0.3, -0.25) is 4.79 Å². The highest BCUT2D eigenvalue weighted by atomic mass is 16.1. The average Bonchev–Trinajstić information content (AvgIpc) is 2.29. The van der Waals surface area contributed by atoms with Crippen LogP contribution in [0.25, 0.3) is 0 Å². The van der Waals surface area contributed by atoms with Crippen molar-refractivity contribution in [3.63, 3.8) is 0 Å². The molecule has 0 saturated carbocycles. The van der Waals surface area contributed by atoms with E-state index in [2.05, 4.69) is 26.0 Å². The van der Waals surface area contributed by atoms with Crippen molar-refractivity contribution in [2.75, 3.05) is 0 Å². The number of allylic oxidation sites excluding steroid dienone is 2. The fourth-order valence-electron chi connectivity index (χ4n) is 2.41. The zero-order chi connectivity index (χ0) is 12.4. The second kappa shape index (κ2) is 4.87. The van der Waals surface area contributed by atoms with Crippen molar-refractivity contribution in [3.8, 4) is 0 Å². The summed E-state index contributed by atoms with van der Waals surface area (Å²) in [7, 11) is 0. The zero-order valence-electron chi connectivity index (χ0n) is 10.9. The van der Waals surface area contributed by atoms with Crippen molar-refractivity contribution in [1.82, 2.24) is 0 Å². The van der Waals surface area contributed by atoms with Gasteiger partial charge in [0, 0.05) is 5.56 Å². The molecule has 0 aromatic heterocycles. The molecule has 1 aliphatic carbocycles. The van der Waals surface area contributed by atoms with Gasteiger partial charge in [0.25, 0.3) is 0 Å². The average molecular weight is 228 g/mol. The van der Waals surface area contributed by atoms with Gasteiger partial charge < -0.3 is 0 Å². The molecule has 1 unspecified atom stereocenters. The van der Waals surface area contributed by atoms with Gasteiger partial charge >= 0.3 is 0 Å². The molecule has 1 atom stereocenters. The molecule has 0 N–H and O–H groups in total. The molecule has 0 bridgehead atoms. The Balaban J connectivity index is 2.25. The largest absolute Gasteiger partial charge is 0.289 e. The lowest BCUT2D eigenvalue weighted by Gasteiger charge is -2.18. The van der Waals surface area contributed by atoms with Crippen LogP contribution in [0, 0.1) is 19.8 Å². The lowest BCUT2D eigenvalue weighted by molar-refractivity contribution is 0.102. The molecule has 0 fully saturated rings.